The largest absolute Gasteiger partial charge is 0.481 e. The first-order valence-corrected chi connectivity index (χ1v) is 16.3. The van der Waals surface area contributed by atoms with Gasteiger partial charge in [0.15, 0.2) is 0 Å². The van der Waals surface area contributed by atoms with Crippen LogP contribution in [0.4, 0.5) is 4.39 Å². The number of aliphatic hydroxyl groups is 2. The molecule has 1 aromatic heterocycles. The molecule has 256 valence electrons. The van der Waals surface area contributed by atoms with Crippen LogP contribution in [0.5, 0.6) is 5.75 Å². The van der Waals surface area contributed by atoms with Gasteiger partial charge in [-0.1, -0.05) is 64.1 Å². The van der Waals surface area contributed by atoms with Crippen LogP contribution in [-0.2, 0) is 22.6 Å². The van der Waals surface area contributed by atoms with E-state index in [4.69, 9.17) is 19.6 Å². The third kappa shape index (κ3) is 11.2. The van der Waals surface area contributed by atoms with Gasteiger partial charge in [-0.3, -0.25) is 9.78 Å². The van der Waals surface area contributed by atoms with Gasteiger partial charge in [0.1, 0.15) is 11.6 Å². The number of carbonyl (C=O) groups is 1. The van der Waals surface area contributed by atoms with Crippen molar-refractivity contribution in [1.82, 2.24) is 10.3 Å². The average molecular weight is 651 g/mol. The Labute approximate surface area is 278 Å². The average Bonchev–Trinajstić information content (AvgIpc) is 2.99. The number of carboxylic acid groups (broad SMARTS) is 1. The van der Waals surface area contributed by atoms with E-state index >= 15 is 0 Å². The Morgan fingerprint density at radius 3 is 2.15 bits per heavy atom. The first-order valence-electron chi connectivity index (χ1n) is 16.3. The van der Waals surface area contributed by atoms with Gasteiger partial charge in [-0.15, -0.1) is 0 Å². The SMILES string of the molecule is CNC(C)Cc1ccc(OC(C)(C)OCc2c(C(C)C)nc(C(C)C)c(C=CC(O)CC(O)CC(=O)O)c2-c2ccc(F)cc2)cc1. The molecule has 8 nitrogen and oxygen atoms in total. The summed E-state index contributed by atoms with van der Waals surface area (Å²) in [6.45, 7) is 14.2. The number of pyridine rings is 1. The standard InChI is InChI=1S/C38H51FN2O6/c1-23(2)36-32(18-15-29(42)20-30(43)21-34(44)45)35(27-11-13-28(39)14-12-27)33(37(41-36)24(3)4)22-46-38(6,7)47-31-16-9-26(10-17-31)19-25(5)40-8/h9-18,23-25,29-30,40,42-43H,19-22H2,1-8H3,(H,44,45). The molecule has 0 saturated carbocycles. The van der Waals surface area contributed by atoms with E-state index in [1.54, 1.807) is 18.2 Å². The lowest BCUT2D eigenvalue weighted by molar-refractivity contribution is -0.164. The summed E-state index contributed by atoms with van der Waals surface area (Å²) in [5.41, 5.74) is 5.90. The predicted octanol–water partition coefficient (Wildman–Crippen LogP) is 7.22. The van der Waals surface area contributed by atoms with Crippen LogP contribution in [0.3, 0.4) is 0 Å². The van der Waals surface area contributed by atoms with Gasteiger partial charge in [-0.25, -0.2) is 4.39 Å². The molecule has 0 amide bonds. The molecule has 3 aromatic rings. The fourth-order valence-electron chi connectivity index (χ4n) is 5.41. The molecular weight excluding hydrogens is 599 g/mol. The zero-order valence-corrected chi connectivity index (χ0v) is 28.9. The molecule has 0 radical (unpaired) electrons. The quantitative estimate of drug-likeness (QED) is 0.113. The number of rotatable bonds is 17. The highest BCUT2D eigenvalue weighted by Gasteiger charge is 2.27. The lowest BCUT2D eigenvalue weighted by atomic mass is 9.87. The molecule has 9 heteroatoms. The van der Waals surface area contributed by atoms with Crippen molar-refractivity contribution in [3.05, 3.63) is 88.5 Å². The van der Waals surface area contributed by atoms with E-state index < -0.39 is 30.4 Å². The summed E-state index contributed by atoms with van der Waals surface area (Å²) in [5, 5.41) is 33.0. The van der Waals surface area contributed by atoms with Gasteiger partial charge < -0.3 is 30.1 Å². The van der Waals surface area contributed by atoms with Crippen LogP contribution < -0.4 is 10.1 Å². The van der Waals surface area contributed by atoms with E-state index in [0.717, 1.165) is 40.1 Å². The van der Waals surface area contributed by atoms with Gasteiger partial charge in [0.2, 0.25) is 5.79 Å². The number of likely N-dealkylation sites (N-methyl/N-ethyl adjacent to an activating group) is 1. The number of nitrogens with zero attached hydrogens (tertiary/aromatic N) is 1. The maximum absolute atomic E-state index is 14.1. The van der Waals surface area contributed by atoms with E-state index in [1.165, 1.54) is 23.8 Å². The van der Waals surface area contributed by atoms with Crippen molar-refractivity contribution in [3.63, 3.8) is 0 Å². The van der Waals surface area contributed by atoms with Crippen molar-refractivity contribution < 1.29 is 34.0 Å². The van der Waals surface area contributed by atoms with Crippen LogP contribution in [0.15, 0.2) is 54.6 Å². The van der Waals surface area contributed by atoms with Crippen LogP contribution in [0.2, 0.25) is 0 Å². The maximum atomic E-state index is 14.1. The molecule has 4 N–H and O–H groups in total. The lowest BCUT2D eigenvalue weighted by Crippen LogP contribution is -2.32. The number of hydrogen-bond donors (Lipinski definition) is 4. The summed E-state index contributed by atoms with van der Waals surface area (Å²) in [6.07, 6.45) is 1.28. The van der Waals surface area contributed by atoms with Crippen molar-refractivity contribution in [2.75, 3.05) is 7.05 Å². The molecule has 1 heterocycles. The first kappa shape index (κ1) is 37.8. The number of ether oxygens (including phenoxy) is 2. The molecule has 3 unspecified atom stereocenters. The molecule has 3 atom stereocenters. The second-order valence-electron chi connectivity index (χ2n) is 13.2. The third-order valence-electron chi connectivity index (χ3n) is 7.92. The Morgan fingerprint density at radius 2 is 1.60 bits per heavy atom. The van der Waals surface area contributed by atoms with Gasteiger partial charge in [0.05, 0.1) is 30.9 Å². The minimum Gasteiger partial charge on any atom is -0.481 e. The highest BCUT2D eigenvalue weighted by atomic mass is 19.1. The van der Waals surface area contributed by atoms with E-state index in [-0.39, 0.29) is 30.7 Å². The molecule has 0 aliphatic rings. The zero-order valence-electron chi connectivity index (χ0n) is 28.9. The van der Waals surface area contributed by atoms with Crippen LogP contribution in [0.1, 0.15) is 101 Å². The normalized spacial score (nSPS) is 14.1. The highest BCUT2D eigenvalue weighted by molar-refractivity contribution is 5.80. The minimum absolute atomic E-state index is 0.00472. The van der Waals surface area contributed by atoms with E-state index in [2.05, 4.69) is 26.1 Å². The van der Waals surface area contributed by atoms with Crippen molar-refractivity contribution >= 4 is 12.0 Å². The summed E-state index contributed by atoms with van der Waals surface area (Å²) < 4.78 is 26.9. The summed E-state index contributed by atoms with van der Waals surface area (Å²) in [5.74, 6) is -1.83. The molecule has 0 spiro atoms. The summed E-state index contributed by atoms with van der Waals surface area (Å²) in [6, 6.07) is 14.6. The van der Waals surface area contributed by atoms with Gasteiger partial charge in [0, 0.05) is 43.1 Å². The smallest absolute Gasteiger partial charge is 0.305 e. The molecule has 0 aliphatic heterocycles. The van der Waals surface area contributed by atoms with E-state index in [9.17, 15) is 19.4 Å². The maximum Gasteiger partial charge on any atom is 0.305 e. The van der Waals surface area contributed by atoms with Gasteiger partial charge in [-0.05, 0) is 73.2 Å². The Kier molecular flexibility index (Phi) is 13.7. The number of aromatic nitrogens is 1. The Balaban J connectivity index is 2.06. The molecule has 2 aromatic carbocycles. The first-order chi connectivity index (χ1) is 22.1. The third-order valence-corrected chi connectivity index (χ3v) is 7.92. The van der Waals surface area contributed by atoms with Crippen LogP contribution >= 0.6 is 0 Å². The Bertz CT molecular complexity index is 1490. The summed E-state index contributed by atoms with van der Waals surface area (Å²) in [7, 11) is 1.94. The summed E-state index contributed by atoms with van der Waals surface area (Å²) >= 11 is 0. The second kappa shape index (κ2) is 17.0. The number of aliphatic hydroxyl groups excluding tert-OH is 2. The number of benzene rings is 2. The summed E-state index contributed by atoms with van der Waals surface area (Å²) in [4.78, 5) is 16.1. The molecule has 47 heavy (non-hydrogen) atoms. The molecule has 0 saturated heterocycles. The fraction of sp³-hybridized carbons (Fsp3) is 0.474. The highest BCUT2D eigenvalue weighted by Crippen LogP contribution is 2.38. The van der Waals surface area contributed by atoms with Crippen molar-refractivity contribution in [2.45, 2.75) is 110 Å². The number of carboxylic acids is 1. The van der Waals surface area contributed by atoms with Gasteiger partial charge in [0.25, 0.3) is 0 Å². The minimum atomic E-state index is -1.20. The fourth-order valence-corrected chi connectivity index (χ4v) is 5.41. The number of hydrogen-bond acceptors (Lipinski definition) is 7. The Hall–Kier alpha value is -3.63. The Morgan fingerprint density at radius 1 is 0.979 bits per heavy atom. The van der Waals surface area contributed by atoms with E-state index in [1.807, 2.05) is 59.0 Å². The zero-order chi connectivity index (χ0) is 34.9. The monoisotopic (exact) mass is 650 g/mol. The number of halogens is 1. The molecule has 0 bridgehead atoms. The van der Waals surface area contributed by atoms with Crippen LogP contribution in [0.25, 0.3) is 17.2 Å². The van der Waals surface area contributed by atoms with Crippen LogP contribution in [0, 0.1) is 5.82 Å². The van der Waals surface area contributed by atoms with Crippen molar-refractivity contribution in [1.29, 1.82) is 0 Å². The number of nitrogens with one attached hydrogen (secondary N) is 1. The van der Waals surface area contributed by atoms with Gasteiger partial charge >= 0.3 is 5.97 Å². The molecular formula is C38H51FN2O6. The van der Waals surface area contributed by atoms with E-state index in [0.29, 0.717) is 11.8 Å². The second-order valence-corrected chi connectivity index (χ2v) is 13.2. The predicted molar refractivity (Wildman–Crippen MR) is 184 cm³/mol. The molecule has 3 rings (SSSR count). The lowest BCUT2D eigenvalue weighted by Gasteiger charge is -2.29. The number of aliphatic carboxylic acids is 1. The van der Waals surface area contributed by atoms with Crippen molar-refractivity contribution in [3.8, 4) is 16.9 Å². The molecule has 0 fully saturated rings. The van der Waals surface area contributed by atoms with Gasteiger partial charge in [-0.2, -0.15) is 0 Å². The van der Waals surface area contributed by atoms with Crippen LogP contribution in [-0.4, -0.2) is 57.4 Å². The topological polar surface area (TPSA) is 121 Å². The van der Waals surface area contributed by atoms with Crippen molar-refractivity contribution in [2.24, 2.45) is 0 Å². The molecule has 0 aliphatic carbocycles.